The molecule has 6 nitrogen and oxygen atoms in total. The third-order valence-corrected chi connectivity index (χ3v) is 2.99. The van der Waals surface area contributed by atoms with Crippen molar-refractivity contribution >= 4 is 23.2 Å². The molecule has 2 rings (SSSR count). The molecular formula is C17H19N3O3. The standard InChI is InChI=1S/C17H19N3O3/c1-4-23-17-15(10-5-11(2)18-17)16(22)20-14-8-6-13(7-9-14)19-12(3)21/h5-10H,4H2,1-3H3,(H,19,21)(H,20,22). The topological polar surface area (TPSA) is 80.3 Å². The molecule has 0 radical (unpaired) electrons. The summed E-state index contributed by atoms with van der Waals surface area (Å²) in [5, 5.41) is 5.45. The smallest absolute Gasteiger partial charge is 0.261 e. The Kier molecular flexibility index (Phi) is 5.30. The predicted octanol–water partition coefficient (Wildman–Crippen LogP) is 3.00. The van der Waals surface area contributed by atoms with Crippen molar-refractivity contribution in [2.75, 3.05) is 17.2 Å². The predicted molar refractivity (Wildman–Crippen MR) is 88.8 cm³/mol. The number of aromatic nitrogens is 1. The molecule has 2 N–H and O–H groups in total. The minimum absolute atomic E-state index is 0.145. The van der Waals surface area contributed by atoms with Crippen LogP contribution in [0.15, 0.2) is 36.4 Å². The molecule has 0 spiro atoms. The largest absolute Gasteiger partial charge is 0.477 e. The molecule has 0 saturated heterocycles. The Morgan fingerprint density at radius 3 is 2.22 bits per heavy atom. The van der Waals surface area contributed by atoms with Gasteiger partial charge in [-0.2, -0.15) is 0 Å². The maximum Gasteiger partial charge on any atom is 0.261 e. The third kappa shape index (κ3) is 4.54. The van der Waals surface area contributed by atoms with Crippen molar-refractivity contribution in [3.8, 4) is 5.88 Å². The summed E-state index contributed by atoms with van der Waals surface area (Å²) in [6.45, 7) is 5.55. The zero-order chi connectivity index (χ0) is 16.8. The van der Waals surface area contributed by atoms with E-state index >= 15 is 0 Å². The van der Waals surface area contributed by atoms with Crippen LogP contribution in [0.3, 0.4) is 0 Å². The van der Waals surface area contributed by atoms with Gasteiger partial charge in [0.1, 0.15) is 5.56 Å². The molecule has 0 atom stereocenters. The minimum atomic E-state index is -0.298. The van der Waals surface area contributed by atoms with Crippen molar-refractivity contribution in [3.05, 3.63) is 47.7 Å². The molecule has 0 bridgehead atoms. The first-order valence-electron chi connectivity index (χ1n) is 7.29. The van der Waals surface area contributed by atoms with Crippen molar-refractivity contribution in [1.29, 1.82) is 0 Å². The van der Waals surface area contributed by atoms with Gasteiger partial charge in [0.15, 0.2) is 0 Å². The van der Waals surface area contributed by atoms with Gasteiger partial charge >= 0.3 is 0 Å². The lowest BCUT2D eigenvalue weighted by atomic mass is 10.2. The SMILES string of the molecule is CCOc1nc(C)ccc1C(=O)Nc1ccc(NC(C)=O)cc1. The second kappa shape index (κ2) is 7.40. The Hall–Kier alpha value is -2.89. The fourth-order valence-electron chi connectivity index (χ4n) is 1.99. The van der Waals surface area contributed by atoms with Crippen molar-refractivity contribution in [3.63, 3.8) is 0 Å². The lowest BCUT2D eigenvalue weighted by molar-refractivity contribution is -0.114. The van der Waals surface area contributed by atoms with Gasteiger partial charge in [0.2, 0.25) is 11.8 Å². The molecule has 0 saturated carbocycles. The molecule has 0 fully saturated rings. The average Bonchev–Trinajstić information content (AvgIpc) is 2.49. The second-order valence-electron chi connectivity index (χ2n) is 4.95. The lowest BCUT2D eigenvalue weighted by Crippen LogP contribution is -2.15. The summed E-state index contributed by atoms with van der Waals surface area (Å²) in [6, 6.07) is 10.3. The van der Waals surface area contributed by atoms with Gasteiger partial charge in [-0.25, -0.2) is 4.98 Å². The van der Waals surface area contributed by atoms with E-state index in [0.717, 1.165) is 5.69 Å². The van der Waals surface area contributed by atoms with Crippen molar-refractivity contribution in [2.24, 2.45) is 0 Å². The van der Waals surface area contributed by atoms with Crippen LogP contribution in [-0.4, -0.2) is 23.4 Å². The number of nitrogens with zero attached hydrogens (tertiary/aromatic N) is 1. The van der Waals surface area contributed by atoms with Crippen LogP contribution in [0.1, 0.15) is 29.9 Å². The average molecular weight is 313 g/mol. The summed E-state index contributed by atoms with van der Waals surface area (Å²) in [6.07, 6.45) is 0. The highest BCUT2D eigenvalue weighted by atomic mass is 16.5. The number of amides is 2. The van der Waals surface area contributed by atoms with E-state index in [4.69, 9.17) is 4.74 Å². The fourth-order valence-corrected chi connectivity index (χ4v) is 1.99. The molecule has 1 aromatic carbocycles. The summed E-state index contributed by atoms with van der Waals surface area (Å²) in [7, 11) is 0. The monoisotopic (exact) mass is 313 g/mol. The molecule has 0 aliphatic heterocycles. The van der Waals surface area contributed by atoms with Gasteiger partial charge in [0.05, 0.1) is 6.61 Å². The lowest BCUT2D eigenvalue weighted by Gasteiger charge is -2.11. The van der Waals surface area contributed by atoms with Gasteiger partial charge in [-0.05, 0) is 50.2 Å². The zero-order valence-corrected chi connectivity index (χ0v) is 13.3. The van der Waals surface area contributed by atoms with Gasteiger partial charge < -0.3 is 15.4 Å². The quantitative estimate of drug-likeness (QED) is 0.889. The maximum atomic E-state index is 12.4. The fraction of sp³-hybridized carbons (Fsp3) is 0.235. The Bertz CT molecular complexity index is 712. The number of carbonyl (C=O) groups excluding carboxylic acids is 2. The second-order valence-corrected chi connectivity index (χ2v) is 4.95. The van der Waals surface area contributed by atoms with Crippen LogP contribution < -0.4 is 15.4 Å². The molecule has 23 heavy (non-hydrogen) atoms. The Morgan fingerprint density at radius 1 is 1.04 bits per heavy atom. The highest BCUT2D eigenvalue weighted by molar-refractivity contribution is 6.06. The number of hydrogen-bond acceptors (Lipinski definition) is 4. The highest BCUT2D eigenvalue weighted by Crippen LogP contribution is 2.19. The number of carbonyl (C=O) groups is 2. The normalized spacial score (nSPS) is 10.0. The summed E-state index contributed by atoms with van der Waals surface area (Å²) in [4.78, 5) is 27.6. The van der Waals surface area contributed by atoms with E-state index in [1.165, 1.54) is 6.92 Å². The van der Waals surface area contributed by atoms with Gasteiger partial charge in [0.25, 0.3) is 5.91 Å². The molecule has 2 aromatic rings. The zero-order valence-electron chi connectivity index (χ0n) is 13.3. The molecular weight excluding hydrogens is 294 g/mol. The molecule has 0 aliphatic rings. The van der Waals surface area contributed by atoms with E-state index < -0.39 is 0 Å². The van der Waals surface area contributed by atoms with Gasteiger partial charge in [-0.3, -0.25) is 9.59 Å². The first-order chi connectivity index (χ1) is 11.0. The Labute approximate surface area is 134 Å². The third-order valence-electron chi connectivity index (χ3n) is 2.99. The van der Waals surface area contributed by atoms with Crippen molar-refractivity contribution < 1.29 is 14.3 Å². The number of ether oxygens (including phenoxy) is 1. The number of benzene rings is 1. The number of aryl methyl sites for hydroxylation is 1. The Morgan fingerprint density at radius 2 is 1.65 bits per heavy atom. The molecule has 1 heterocycles. The summed E-state index contributed by atoms with van der Waals surface area (Å²) >= 11 is 0. The van der Waals surface area contributed by atoms with Crippen LogP contribution >= 0.6 is 0 Å². The first-order valence-corrected chi connectivity index (χ1v) is 7.29. The van der Waals surface area contributed by atoms with E-state index in [0.29, 0.717) is 29.4 Å². The van der Waals surface area contributed by atoms with Crippen LogP contribution in [0.4, 0.5) is 11.4 Å². The van der Waals surface area contributed by atoms with Crippen LogP contribution in [0.5, 0.6) is 5.88 Å². The van der Waals surface area contributed by atoms with Crippen LogP contribution in [0.2, 0.25) is 0 Å². The molecule has 2 amide bonds. The van der Waals surface area contributed by atoms with E-state index in [1.807, 2.05) is 13.8 Å². The summed E-state index contributed by atoms with van der Waals surface area (Å²) in [5.41, 5.74) is 2.45. The van der Waals surface area contributed by atoms with Crippen LogP contribution in [0, 0.1) is 6.92 Å². The highest BCUT2D eigenvalue weighted by Gasteiger charge is 2.14. The molecule has 1 aromatic heterocycles. The van der Waals surface area contributed by atoms with Gasteiger partial charge in [0, 0.05) is 24.0 Å². The van der Waals surface area contributed by atoms with Gasteiger partial charge in [-0.15, -0.1) is 0 Å². The van der Waals surface area contributed by atoms with E-state index in [-0.39, 0.29) is 11.8 Å². The van der Waals surface area contributed by atoms with Gasteiger partial charge in [-0.1, -0.05) is 0 Å². The first kappa shape index (κ1) is 16.5. The summed E-state index contributed by atoms with van der Waals surface area (Å²) in [5.74, 6) is -0.123. The van der Waals surface area contributed by atoms with Crippen LogP contribution in [0.25, 0.3) is 0 Å². The maximum absolute atomic E-state index is 12.4. The van der Waals surface area contributed by atoms with Crippen molar-refractivity contribution in [2.45, 2.75) is 20.8 Å². The molecule has 120 valence electrons. The van der Waals surface area contributed by atoms with E-state index in [2.05, 4.69) is 15.6 Å². The Balaban J connectivity index is 2.14. The summed E-state index contributed by atoms with van der Waals surface area (Å²) < 4.78 is 5.42. The number of pyridine rings is 1. The molecule has 0 unspecified atom stereocenters. The van der Waals surface area contributed by atoms with E-state index in [1.54, 1.807) is 36.4 Å². The number of hydrogen-bond donors (Lipinski definition) is 2. The van der Waals surface area contributed by atoms with E-state index in [9.17, 15) is 9.59 Å². The number of anilines is 2. The number of nitrogens with one attached hydrogen (secondary N) is 2. The van der Waals surface area contributed by atoms with Crippen molar-refractivity contribution in [1.82, 2.24) is 4.98 Å². The molecule has 6 heteroatoms. The van der Waals surface area contributed by atoms with Crippen LogP contribution in [-0.2, 0) is 4.79 Å². The molecule has 0 aliphatic carbocycles. The number of rotatable bonds is 5. The minimum Gasteiger partial charge on any atom is -0.477 e.